The maximum absolute atomic E-state index is 15.2. The normalized spacial score (nSPS) is 20.4. The average Bonchev–Trinajstić information content (AvgIpc) is 2.76. The molecule has 2 aliphatic heterocycles. The van der Waals surface area contributed by atoms with Crippen LogP contribution < -0.4 is 10.1 Å². The summed E-state index contributed by atoms with van der Waals surface area (Å²) in [6.45, 7) is 3.11. The molecule has 2 aromatic rings. The molecule has 4 nitrogen and oxygen atoms in total. The van der Waals surface area contributed by atoms with E-state index in [0.29, 0.717) is 18.7 Å². The van der Waals surface area contributed by atoms with Gasteiger partial charge in [0.25, 0.3) is 0 Å². The van der Waals surface area contributed by atoms with Gasteiger partial charge in [-0.15, -0.1) is 0 Å². The van der Waals surface area contributed by atoms with E-state index >= 15 is 4.39 Å². The van der Waals surface area contributed by atoms with Crippen molar-refractivity contribution in [2.24, 2.45) is 0 Å². The molecule has 0 aliphatic carbocycles. The molecule has 0 saturated carbocycles. The number of ether oxygens (including phenoxy) is 1. The Morgan fingerprint density at radius 2 is 2.12 bits per heavy atom. The van der Waals surface area contributed by atoms with Gasteiger partial charge >= 0.3 is 0 Å². The third-order valence-electron chi connectivity index (χ3n) is 4.76. The van der Waals surface area contributed by atoms with Gasteiger partial charge in [-0.1, -0.05) is 17.7 Å². The van der Waals surface area contributed by atoms with Gasteiger partial charge in [-0.25, -0.2) is 8.78 Å². The van der Waals surface area contributed by atoms with Crippen LogP contribution in [0.2, 0.25) is 5.02 Å². The molecule has 132 valence electrons. The average molecular weight is 367 g/mol. The Hall–Kier alpha value is -1.89. The van der Waals surface area contributed by atoms with Crippen molar-refractivity contribution in [3.8, 4) is 22.6 Å². The number of aromatic hydroxyl groups is 1. The molecule has 2 aliphatic rings. The lowest BCUT2D eigenvalue weighted by Crippen LogP contribution is -2.52. The summed E-state index contributed by atoms with van der Waals surface area (Å²) >= 11 is 6.07. The van der Waals surface area contributed by atoms with E-state index in [1.807, 2.05) is 0 Å². The zero-order valence-electron chi connectivity index (χ0n) is 13.4. The summed E-state index contributed by atoms with van der Waals surface area (Å²) in [6.07, 6.45) is 0. The Morgan fingerprint density at radius 1 is 1.28 bits per heavy atom. The number of nitrogens with zero attached hydrogens (tertiary/aromatic N) is 1. The second-order valence-corrected chi connectivity index (χ2v) is 6.72. The van der Waals surface area contributed by atoms with Crippen molar-refractivity contribution < 1.29 is 18.6 Å². The minimum absolute atomic E-state index is 0.0325. The van der Waals surface area contributed by atoms with Crippen LogP contribution in [-0.4, -0.2) is 42.3 Å². The van der Waals surface area contributed by atoms with Crippen molar-refractivity contribution in [1.29, 1.82) is 0 Å². The lowest BCUT2D eigenvalue weighted by atomic mass is 10.00. The minimum Gasteiger partial charge on any atom is -0.507 e. The third-order valence-corrected chi connectivity index (χ3v) is 5.07. The first-order valence-electron chi connectivity index (χ1n) is 8.12. The van der Waals surface area contributed by atoms with E-state index in [4.69, 9.17) is 16.3 Å². The van der Waals surface area contributed by atoms with Gasteiger partial charge in [0.15, 0.2) is 11.6 Å². The summed E-state index contributed by atoms with van der Waals surface area (Å²) in [4.78, 5) is 2.16. The fraction of sp³-hybridized carbons (Fsp3) is 0.333. The predicted octanol–water partition coefficient (Wildman–Crippen LogP) is 3.16. The maximum Gasteiger partial charge on any atom is 0.176 e. The fourth-order valence-electron chi connectivity index (χ4n) is 3.49. The standard InChI is InChI=1S/C18H17ClF2N2O2/c19-12-2-1-3-14(24)15(12)16-13(20)6-10-8-23-5-4-22-7-11(23)9-25-18(10)17(16)21/h1-3,6,11,22,24H,4-5,7-9H2/t11-/m1/s1. The second-order valence-electron chi connectivity index (χ2n) is 6.31. The molecular weight excluding hydrogens is 350 g/mol. The number of halogens is 3. The molecule has 0 bridgehead atoms. The number of benzene rings is 2. The highest BCUT2D eigenvalue weighted by molar-refractivity contribution is 6.33. The lowest BCUT2D eigenvalue weighted by molar-refractivity contribution is 0.119. The van der Waals surface area contributed by atoms with Gasteiger partial charge in [-0.2, -0.15) is 0 Å². The van der Waals surface area contributed by atoms with E-state index in [2.05, 4.69) is 10.2 Å². The Bertz CT molecular complexity index is 811. The first-order chi connectivity index (χ1) is 12.1. The van der Waals surface area contributed by atoms with Gasteiger partial charge < -0.3 is 15.2 Å². The zero-order valence-corrected chi connectivity index (χ0v) is 14.1. The topological polar surface area (TPSA) is 44.7 Å². The number of hydrogen-bond acceptors (Lipinski definition) is 4. The summed E-state index contributed by atoms with van der Waals surface area (Å²) in [5, 5.41) is 13.4. The number of phenolic OH excluding ortho intramolecular Hbond substituents is 1. The van der Waals surface area contributed by atoms with Gasteiger partial charge in [0.1, 0.15) is 18.2 Å². The van der Waals surface area contributed by atoms with E-state index in [0.717, 1.165) is 19.6 Å². The highest BCUT2D eigenvalue weighted by Crippen LogP contribution is 2.43. The summed E-state index contributed by atoms with van der Waals surface area (Å²) in [5.41, 5.74) is 0.0451. The van der Waals surface area contributed by atoms with Crippen molar-refractivity contribution in [3.05, 3.63) is 46.5 Å². The molecule has 2 aromatic carbocycles. The molecule has 2 N–H and O–H groups in total. The van der Waals surface area contributed by atoms with Crippen molar-refractivity contribution in [1.82, 2.24) is 10.2 Å². The van der Waals surface area contributed by atoms with Crippen LogP contribution in [0.3, 0.4) is 0 Å². The number of phenols is 1. The summed E-state index contributed by atoms with van der Waals surface area (Å²) < 4.78 is 35.6. The minimum atomic E-state index is -0.828. The molecule has 0 radical (unpaired) electrons. The fourth-order valence-corrected chi connectivity index (χ4v) is 3.75. The first-order valence-corrected chi connectivity index (χ1v) is 8.50. The Kier molecular flexibility index (Phi) is 4.27. The molecule has 0 unspecified atom stereocenters. The van der Waals surface area contributed by atoms with Gasteiger partial charge in [0.2, 0.25) is 0 Å². The molecule has 0 spiro atoms. The highest BCUT2D eigenvalue weighted by Gasteiger charge is 2.31. The molecule has 25 heavy (non-hydrogen) atoms. The van der Waals surface area contributed by atoms with Gasteiger partial charge in [0.05, 0.1) is 16.6 Å². The van der Waals surface area contributed by atoms with Crippen LogP contribution >= 0.6 is 11.6 Å². The zero-order chi connectivity index (χ0) is 17.6. The Balaban J connectivity index is 1.84. The third kappa shape index (κ3) is 2.84. The van der Waals surface area contributed by atoms with Crippen molar-refractivity contribution >= 4 is 11.6 Å². The van der Waals surface area contributed by atoms with Crippen molar-refractivity contribution in [2.45, 2.75) is 12.6 Å². The van der Waals surface area contributed by atoms with E-state index in [-0.39, 0.29) is 33.7 Å². The van der Waals surface area contributed by atoms with Gasteiger partial charge in [-0.3, -0.25) is 4.90 Å². The molecule has 0 amide bonds. The Morgan fingerprint density at radius 3 is 2.92 bits per heavy atom. The van der Waals surface area contributed by atoms with E-state index in [1.54, 1.807) is 0 Å². The summed E-state index contributed by atoms with van der Waals surface area (Å²) in [5.74, 6) is -1.84. The van der Waals surface area contributed by atoms with Crippen LogP contribution in [0.25, 0.3) is 11.1 Å². The van der Waals surface area contributed by atoms with E-state index in [1.165, 1.54) is 24.3 Å². The molecule has 1 saturated heterocycles. The number of piperazine rings is 1. The first kappa shape index (κ1) is 16.6. The maximum atomic E-state index is 15.2. The summed E-state index contributed by atoms with van der Waals surface area (Å²) in [6, 6.07) is 5.73. The van der Waals surface area contributed by atoms with Crippen LogP contribution in [0, 0.1) is 11.6 Å². The molecular formula is C18H17ClF2N2O2. The van der Waals surface area contributed by atoms with Crippen LogP contribution in [0.5, 0.6) is 11.5 Å². The van der Waals surface area contributed by atoms with Gasteiger partial charge in [-0.05, 0) is 18.2 Å². The molecule has 4 rings (SSSR count). The number of nitrogens with one attached hydrogen (secondary N) is 1. The van der Waals surface area contributed by atoms with Gasteiger partial charge in [0, 0.05) is 37.3 Å². The SMILES string of the molecule is Oc1cccc(Cl)c1-c1c(F)cc2c(c1F)OC[C@H]1CNCCN1C2. The van der Waals surface area contributed by atoms with Crippen LogP contribution in [-0.2, 0) is 6.54 Å². The number of fused-ring (bicyclic) bond motifs is 2. The number of rotatable bonds is 1. The lowest BCUT2D eigenvalue weighted by Gasteiger charge is -2.33. The molecule has 0 aromatic heterocycles. The quantitative estimate of drug-likeness (QED) is 0.813. The monoisotopic (exact) mass is 366 g/mol. The number of hydrogen-bond donors (Lipinski definition) is 2. The predicted molar refractivity (Wildman–Crippen MR) is 91.0 cm³/mol. The smallest absolute Gasteiger partial charge is 0.176 e. The van der Waals surface area contributed by atoms with Crippen molar-refractivity contribution in [3.63, 3.8) is 0 Å². The van der Waals surface area contributed by atoms with E-state index in [9.17, 15) is 9.50 Å². The molecule has 1 fully saturated rings. The van der Waals surface area contributed by atoms with Crippen molar-refractivity contribution in [2.75, 3.05) is 26.2 Å². The largest absolute Gasteiger partial charge is 0.507 e. The molecule has 7 heteroatoms. The molecule has 2 heterocycles. The van der Waals surface area contributed by atoms with Crippen LogP contribution in [0.4, 0.5) is 8.78 Å². The Labute approximate surface area is 149 Å². The second kappa shape index (κ2) is 6.44. The summed E-state index contributed by atoms with van der Waals surface area (Å²) in [7, 11) is 0. The molecule has 1 atom stereocenters. The van der Waals surface area contributed by atoms with Crippen LogP contribution in [0.15, 0.2) is 24.3 Å². The van der Waals surface area contributed by atoms with Crippen LogP contribution in [0.1, 0.15) is 5.56 Å². The van der Waals surface area contributed by atoms with E-state index < -0.39 is 11.6 Å². The highest BCUT2D eigenvalue weighted by atomic mass is 35.5.